The third-order valence-electron chi connectivity index (χ3n) is 1.87. The lowest BCUT2D eigenvalue weighted by molar-refractivity contribution is -0.123. The van der Waals surface area contributed by atoms with Crippen molar-refractivity contribution in [3.8, 4) is 0 Å². The van der Waals surface area contributed by atoms with Crippen molar-refractivity contribution in [2.24, 2.45) is 5.92 Å². The quantitative estimate of drug-likeness (QED) is 0.517. The minimum absolute atomic E-state index is 0.181. The fraction of sp³-hybridized carbons (Fsp3) is 0.857. The Morgan fingerprint density at radius 2 is 2.33 bits per heavy atom. The predicted octanol–water partition coefficient (Wildman–Crippen LogP) is 1.98. The molecule has 0 amide bonds. The first-order chi connectivity index (χ1) is 4.34. The number of hydrogen-bond donors (Lipinski definition) is 0. The van der Waals surface area contributed by atoms with Crippen LogP contribution in [0.3, 0.4) is 0 Å². The third-order valence-corrected chi connectivity index (χ3v) is 2.24. The molecule has 0 aromatic heterocycles. The summed E-state index contributed by atoms with van der Waals surface area (Å²) < 4.78 is 0. The van der Waals surface area contributed by atoms with Gasteiger partial charge in [0.1, 0.15) is 5.78 Å². The van der Waals surface area contributed by atoms with Crippen LogP contribution in [-0.4, -0.2) is 11.7 Å². The average Bonchev–Trinajstić information content (AvgIpc) is 1.89. The van der Waals surface area contributed by atoms with Gasteiger partial charge in [-0.15, -0.1) is 11.6 Å². The summed E-state index contributed by atoms with van der Waals surface area (Å²) in [6.45, 7) is 0. The molecule has 0 aromatic carbocycles. The molecule has 0 saturated heterocycles. The van der Waals surface area contributed by atoms with Gasteiger partial charge in [0.15, 0.2) is 0 Å². The molecule has 1 nitrogen and oxygen atoms in total. The molecule has 1 fully saturated rings. The monoisotopic (exact) mass is 146 g/mol. The van der Waals surface area contributed by atoms with Crippen LogP contribution in [-0.2, 0) is 4.79 Å². The Bertz CT molecular complexity index is 111. The maximum Gasteiger partial charge on any atom is 0.137 e. The first-order valence-electron chi connectivity index (χ1n) is 3.43. The minimum Gasteiger partial charge on any atom is -0.299 e. The second-order valence-corrected chi connectivity index (χ2v) is 2.87. The molecule has 1 aliphatic carbocycles. The molecule has 1 rings (SSSR count). The SMILES string of the molecule is O=C1CCCCC1CCl. The maximum absolute atomic E-state index is 10.9. The van der Waals surface area contributed by atoms with Gasteiger partial charge in [0, 0.05) is 18.2 Å². The Morgan fingerprint density at radius 1 is 1.56 bits per heavy atom. The fourth-order valence-corrected chi connectivity index (χ4v) is 1.54. The van der Waals surface area contributed by atoms with Crippen molar-refractivity contribution in [2.75, 3.05) is 5.88 Å². The van der Waals surface area contributed by atoms with E-state index in [1.54, 1.807) is 0 Å². The zero-order valence-corrected chi connectivity index (χ0v) is 6.16. The molecule has 2 heteroatoms. The van der Waals surface area contributed by atoms with Crippen molar-refractivity contribution in [1.29, 1.82) is 0 Å². The third kappa shape index (κ3) is 1.68. The van der Waals surface area contributed by atoms with Crippen LogP contribution in [0.4, 0.5) is 0 Å². The lowest BCUT2D eigenvalue weighted by atomic mass is 9.89. The summed E-state index contributed by atoms with van der Waals surface area (Å²) >= 11 is 5.55. The summed E-state index contributed by atoms with van der Waals surface area (Å²) in [5.41, 5.74) is 0. The molecule has 0 radical (unpaired) electrons. The predicted molar refractivity (Wildman–Crippen MR) is 37.7 cm³/mol. The van der Waals surface area contributed by atoms with E-state index in [9.17, 15) is 4.79 Å². The zero-order chi connectivity index (χ0) is 6.69. The second kappa shape index (κ2) is 3.21. The van der Waals surface area contributed by atoms with Gasteiger partial charge in [0.2, 0.25) is 0 Å². The maximum atomic E-state index is 10.9. The van der Waals surface area contributed by atoms with Crippen LogP contribution in [0.5, 0.6) is 0 Å². The van der Waals surface area contributed by atoms with Gasteiger partial charge in [-0.1, -0.05) is 6.42 Å². The summed E-state index contributed by atoms with van der Waals surface area (Å²) in [6, 6.07) is 0. The molecular weight excluding hydrogens is 136 g/mol. The van der Waals surface area contributed by atoms with Crippen LogP contribution < -0.4 is 0 Å². The fourth-order valence-electron chi connectivity index (χ4n) is 1.22. The number of carbonyl (C=O) groups excluding carboxylic acids is 1. The van der Waals surface area contributed by atoms with Crippen LogP contribution >= 0.6 is 11.6 Å². The topological polar surface area (TPSA) is 17.1 Å². The Balaban J connectivity index is 2.39. The molecule has 0 aliphatic heterocycles. The highest BCUT2D eigenvalue weighted by molar-refractivity contribution is 6.19. The van der Waals surface area contributed by atoms with Crippen LogP contribution in [0.15, 0.2) is 0 Å². The molecule has 9 heavy (non-hydrogen) atoms. The minimum atomic E-state index is 0.181. The van der Waals surface area contributed by atoms with Gasteiger partial charge in [-0.25, -0.2) is 0 Å². The van der Waals surface area contributed by atoms with E-state index in [2.05, 4.69) is 0 Å². The highest BCUT2D eigenvalue weighted by atomic mass is 35.5. The van der Waals surface area contributed by atoms with E-state index in [1.165, 1.54) is 6.42 Å². The zero-order valence-electron chi connectivity index (χ0n) is 5.40. The molecule has 0 N–H and O–H groups in total. The van der Waals surface area contributed by atoms with E-state index in [4.69, 9.17) is 11.6 Å². The van der Waals surface area contributed by atoms with Crippen molar-refractivity contribution < 1.29 is 4.79 Å². The molecule has 0 heterocycles. The summed E-state index contributed by atoms with van der Waals surface area (Å²) in [6.07, 6.45) is 4.04. The number of ketones is 1. The lowest BCUT2D eigenvalue weighted by Gasteiger charge is -2.16. The van der Waals surface area contributed by atoms with Crippen molar-refractivity contribution >= 4 is 17.4 Å². The molecule has 0 bridgehead atoms. The number of rotatable bonds is 1. The Labute approximate surface area is 60.4 Å². The number of alkyl halides is 1. The normalized spacial score (nSPS) is 28.6. The molecule has 1 saturated carbocycles. The van der Waals surface area contributed by atoms with Crippen LogP contribution in [0.2, 0.25) is 0 Å². The summed E-state index contributed by atoms with van der Waals surface area (Å²) in [5.74, 6) is 1.08. The molecular formula is C7H11ClO. The van der Waals surface area contributed by atoms with Gasteiger partial charge < -0.3 is 0 Å². The summed E-state index contributed by atoms with van der Waals surface area (Å²) in [4.78, 5) is 10.9. The first-order valence-corrected chi connectivity index (χ1v) is 3.96. The van der Waals surface area contributed by atoms with Crippen LogP contribution in [0, 0.1) is 5.92 Å². The van der Waals surface area contributed by atoms with E-state index < -0.39 is 0 Å². The van der Waals surface area contributed by atoms with Gasteiger partial charge >= 0.3 is 0 Å². The number of Topliss-reactive ketones (excluding diaryl/α,β-unsaturated/α-hetero) is 1. The van der Waals surface area contributed by atoms with Gasteiger partial charge in [-0.05, 0) is 12.8 Å². The Hall–Kier alpha value is -0.0400. The van der Waals surface area contributed by atoms with Crippen molar-refractivity contribution in [1.82, 2.24) is 0 Å². The molecule has 0 aromatic rings. The van der Waals surface area contributed by atoms with Crippen LogP contribution in [0.1, 0.15) is 25.7 Å². The van der Waals surface area contributed by atoms with E-state index in [0.29, 0.717) is 11.7 Å². The van der Waals surface area contributed by atoms with E-state index >= 15 is 0 Å². The molecule has 1 aliphatic rings. The number of hydrogen-bond acceptors (Lipinski definition) is 1. The highest BCUT2D eigenvalue weighted by Gasteiger charge is 2.20. The molecule has 1 atom stereocenters. The van der Waals surface area contributed by atoms with Crippen molar-refractivity contribution in [2.45, 2.75) is 25.7 Å². The smallest absolute Gasteiger partial charge is 0.137 e. The summed E-state index contributed by atoms with van der Waals surface area (Å²) in [7, 11) is 0. The summed E-state index contributed by atoms with van der Waals surface area (Å²) in [5, 5.41) is 0. The largest absolute Gasteiger partial charge is 0.299 e. The van der Waals surface area contributed by atoms with Gasteiger partial charge in [0.05, 0.1) is 0 Å². The average molecular weight is 147 g/mol. The van der Waals surface area contributed by atoms with Gasteiger partial charge in [0.25, 0.3) is 0 Å². The van der Waals surface area contributed by atoms with E-state index in [1.807, 2.05) is 0 Å². The van der Waals surface area contributed by atoms with Crippen molar-refractivity contribution in [3.05, 3.63) is 0 Å². The Morgan fingerprint density at radius 3 is 2.78 bits per heavy atom. The lowest BCUT2D eigenvalue weighted by Crippen LogP contribution is -2.19. The van der Waals surface area contributed by atoms with E-state index in [-0.39, 0.29) is 5.92 Å². The second-order valence-electron chi connectivity index (χ2n) is 2.56. The standard InChI is InChI=1S/C7H11ClO/c8-5-6-3-1-2-4-7(6)9/h6H,1-5H2. The molecule has 1 unspecified atom stereocenters. The number of halogens is 1. The van der Waals surface area contributed by atoms with Crippen molar-refractivity contribution in [3.63, 3.8) is 0 Å². The van der Waals surface area contributed by atoms with E-state index in [0.717, 1.165) is 19.3 Å². The highest BCUT2D eigenvalue weighted by Crippen LogP contribution is 2.20. The Kier molecular flexibility index (Phi) is 2.52. The van der Waals surface area contributed by atoms with Crippen LogP contribution in [0.25, 0.3) is 0 Å². The molecule has 52 valence electrons. The number of carbonyl (C=O) groups is 1. The molecule has 0 spiro atoms. The first kappa shape index (κ1) is 7.07. The van der Waals surface area contributed by atoms with Gasteiger partial charge in [-0.2, -0.15) is 0 Å². The van der Waals surface area contributed by atoms with Gasteiger partial charge in [-0.3, -0.25) is 4.79 Å².